The topological polar surface area (TPSA) is 29.9 Å². The summed E-state index contributed by atoms with van der Waals surface area (Å²) >= 11 is 0. The van der Waals surface area contributed by atoms with Crippen LogP contribution in [0.4, 0.5) is 0 Å². The molecule has 1 aromatic heterocycles. The Balaban J connectivity index is 2.05. The first-order chi connectivity index (χ1) is 10.2. The molecule has 1 heterocycles. The molecule has 0 fully saturated rings. The number of benzene rings is 1. The van der Waals surface area contributed by atoms with Gasteiger partial charge in [0.2, 0.25) is 0 Å². The maximum Gasteiger partial charge on any atom is 0.113 e. The van der Waals surface area contributed by atoms with Crippen molar-refractivity contribution in [1.82, 2.24) is 14.9 Å². The van der Waals surface area contributed by atoms with Crippen molar-refractivity contribution in [3.8, 4) is 0 Å². The second-order valence-electron chi connectivity index (χ2n) is 5.65. The lowest BCUT2D eigenvalue weighted by Crippen LogP contribution is -2.14. The van der Waals surface area contributed by atoms with Gasteiger partial charge in [0.1, 0.15) is 5.82 Å². The van der Waals surface area contributed by atoms with Gasteiger partial charge in [-0.3, -0.25) is 0 Å². The zero-order valence-electron chi connectivity index (χ0n) is 13.5. The first-order valence-corrected chi connectivity index (χ1v) is 8.03. The van der Waals surface area contributed by atoms with Gasteiger partial charge in [-0.2, -0.15) is 0 Å². The Morgan fingerprint density at radius 2 is 2.05 bits per heavy atom. The Morgan fingerprint density at radius 3 is 2.76 bits per heavy atom. The molecule has 2 aromatic rings. The third-order valence-corrected chi connectivity index (χ3v) is 3.78. The quantitative estimate of drug-likeness (QED) is 0.750. The summed E-state index contributed by atoms with van der Waals surface area (Å²) in [6.45, 7) is 9.68. The van der Waals surface area contributed by atoms with Crippen molar-refractivity contribution in [2.45, 2.75) is 53.1 Å². The molecule has 0 amide bonds. The standard InChI is InChI=1S/C18H27N3/c1-4-8-19-14-16-6-7-17(15(3)12-16)13-18-20-9-11-21(18)10-5-2/h6-7,9,11-12,19H,4-5,8,10,13-14H2,1-3H3. The van der Waals surface area contributed by atoms with Gasteiger partial charge in [-0.05, 0) is 43.0 Å². The van der Waals surface area contributed by atoms with E-state index in [2.05, 4.69) is 60.0 Å². The minimum absolute atomic E-state index is 0.918. The molecular weight excluding hydrogens is 258 g/mol. The first-order valence-electron chi connectivity index (χ1n) is 8.03. The molecule has 3 heteroatoms. The Labute approximate surface area is 128 Å². The lowest BCUT2D eigenvalue weighted by molar-refractivity contribution is 0.646. The molecule has 0 aliphatic carbocycles. The molecular formula is C18H27N3. The molecule has 0 aliphatic rings. The molecule has 2 rings (SSSR count). The third-order valence-electron chi connectivity index (χ3n) is 3.78. The maximum atomic E-state index is 4.50. The zero-order valence-corrected chi connectivity index (χ0v) is 13.5. The summed E-state index contributed by atoms with van der Waals surface area (Å²) in [7, 11) is 0. The van der Waals surface area contributed by atoms with Gasteiger partial charge < -0.3 is 9.88 Å². The van der Waals surface area contributed by atoms with E-state index in [1.54, 1.807) is 0 Å². The molecule has 0 saturated carbocycles. The third kappa shape index (κ3) is 4.43. The van der Waals surface area contributed by atoms with Crippen molar-refractivity contribution in [3.05, 3.63) is 53.1 Å². The van der Waals surface area contributed by atoms with E-state index in [1.807, 2.05) is 6.20 Å². The number of hydrogen-bond donors (Lipinski definition) is 1. The summed E-state index contributed by atoms with van der Waals surface area (Å²) in [6, 6.07) is 6.78. The average Bonchev–Trinajstić information content (AvgIpc) is 2.90. The number of aryl methyl sites for hydroxylation is 2. The van der Waals surface area contributed by atoms with E-state index in [9.17, 15) is 0 Å². The Morgan fingerprint density at radius 1 is 1.19 bits per heavy atom. The molecule has 0 saturated heterocycles. The predicted molar refractivity (Wildman–Crippen MR) is 88.5 cm³/mol. The highest BCUT2D eigenvalue weighted by Crippen LogP contribution is 2.15. The van der Waals surface area contributed by atoms with E-state index >= 15 is 0 Å². The molecule has 0 radical (unpaired) electrons. The summed E-state index contributed by atoms with van der Waals surface area (Å²) < 4.78 is 2.26. The van der Waals surface area contributed by atoms with Crippen LogP contribution in [-0.4, -0.2) is 16.1 Å². The van der Waals surface area contributed by atoms with E-state index in [-0.39, 0.29) is 0 Å². The average molecular weight is 285 g/mol. The van der Waals surface area contributed by atoms with E-state index < -0.39 is 0 Å². The lowest BCUT2D eigenvalue weighted by Gasteiger charge is -2.11. The first kappa shape index (κ1) is 15.8. The number of nitrogens with zero attached hydrogens (tertiary/aromatic N) is 2. The van der Waals surface area contributed by atoms with Crippen molar-refractivity contribution in [3.63, 3.8) is 0 Å². The number of hydrogen-bond acceptors (Lipinski definition) is 2. The minimum Gasteiger partial charge on any atom is -0.335 e. The summed E-state index contributed by atoms with van der Waals surface area (Å²) in [5.74, 6) is 1.16. The van der Waals surface area contributed by atoms with Crippen LogP contribution in [-0.2, 0) is 19.5 Å². The van der Waals surface area contributed by atoms with Crippen molar-refractivity contribution < 1.29 is 0 Å². The van der Waals surface area contributed by atoms with Crippen molar-refractivity contribution >= 4 is 0 Å². The van der Waals surface area contributed by atoms with E-state index in [0.29, 0.717) is 0 Å². The van der Waals surface area contributed by atoms with Crippen LogP contribution in [0.1, 0.15) is 49.2 Å². The fraction of sp³-hybridized carbons (Fsp3) is 0.500. The summed E-state index contributed by atoms with van der Waals surface area (Å²) in [5.41, 5.74) is 4.09. The molecule has 0 unspecified atom stereocenters. The Hall–Kier alpha value is -1.61. The van der Waals surface area contributed by atoms with E-state index in [4.69, 9.17) is 0 Å². The largest absolute Gasteiger partial charge is 0.335 e. The van der Waals surface area contributed by atoms with Gasteiger partial charge >= 0.3 is 0 Å². The maximum absolute atomic E-state index is 4.50. The fourth-order valence-corrected chi connectivity index (χ4v) is 2.60. The van der Waals surface area contributed by atoms with Gasteiger partial charge in [0.05, 0.1) is 0 Å². The molecule has 21 heavy (non-hydrogen) atoms. The molecule has 0 bridgehead atoms. The van der Waals surface area contributed by atoms with E-state index in [0.717, 1.165) is 38.3 Å². The molecule has 0 spiro atoms. The van der Waals surface area contributed by atoms with Crippen LogP contribution in [0.15, 0.2) is 30.6 Å². The van der Waals surface area contributed by atoms with Gasteiger partial charge in [0.25, 0.3) is 0 Å². The highest BCUT2D eigenvalue weighted by atomic mass is 15.1. The monoisotopic (exact) mass is 285 g/mol. The number of aromatic nitrogens is 2. The molecule has 3 nitrogen and oxygen atoms in total. The minimum atomic E-state index is 0.918. The van der Waals surface area contributed by atoms with Gasteiger partial charge in [-0.25, -0.2) is 4.98 Å². The zero-order chi connectivity index (χ0) is 15.1. The van der Waals surface area contributed by atoms with Crippen molar-refractivity contribution in [2.24, 2.45) is 0 Å². The Kier molecular flexibility index (Phi) is 6.00. The molecule has 1 aromatic carbocycles. The van der Waals surface area contributed by atoms with Crippen LogP contribution in [0, 0.1) is 6.92 Å². The molecule has 0 aliphatic heterocycles. The van der Waals surface area contributed by atoms with Gasteiger partial charge in [0, 0.05) is 31.9 Å². The van der Waals surface area contributed by atoms with Crippen LogP contribution in [0.3, 0.4) is 0 Å². The number of nitrogens with one attached hydrogen (secondary N) is 1. The lowest BCUT2D eigenvalue weighted by atomic mass is 10.0. The molecule has 114 valence electrons. The normalized spacial score (nSPS) is 11.0. The summed E-state index contributed by atoms with van der Waals surface area (Å²) in [4.78, 5) is 4.50. The highest BCUT2D eigenvalue weighted by Gasteiger charge is 2.06. The van der Waals surface area contributed by atoms with Crippen molar-refractivity contribution in [2.75, 3.05) is 6.54 Å². The smallest absolute Gasteiger partial charge is 0.113 e. The van der Waals surface area contributed by atoms with Gasteiger partial charge in [-0.1, -0.05) is 32.0 Å². The SMILES string of the molecule is CCCNCc1ccc(Cc2nccn2CCC)c(C)c1. The van der Waals surface area contributed by atoms with Gasteiger partial charge in [-0.15, -0.1) is 0 Å². The van der Waals surface area contributed by atoms with E-state index in [1.165, 1.54) is 23.1 Å². The highest BCUT2D eigenvalue weighted by molar-refractivity contribution is 5.33. The second kappa shape index (κ2) is 7.99. The number of imidazole rings is 1. The van der Waals surface area contributed by atoms with Crippen LogP contribution < -0.4 is 5.32 Å². The van der Waals surface area contributed by atoms with Crippen LogP contribution in [0.2, 0.25) is 0 Å². The van der Waals surface area contributed by atoms with Crippen LogP contribution in [0.25, 0.3) is 0 Å². The van der Waals surface area contributed by atoms with Crippen molar-refractivity contribution in [1.29, 1.82) is 0 Å². The molecule has 1 N–H and O–H groups in total. The summed E-state index contributed by atoms with van der Waals surface area (Å²) in [6.07, 6.45) is 7.23. The van der Waals surface area contributed by atoms with Crippen LogP contribution in [0.5, 0.6) is 0 Å². The fourth-order valence-electron chi connectivity index (χ4n) is 2.60. The second-order valence-corrected chi connectivity index (χ2v) is 5.65. The van der Waals surface area contributed by atoms with Crippen LogP contribution >= 0.6 is 0 Å². The number of rotatable bonds is 8. The Bertz CT molecular complexity index is 557. The molecule has 0 atom stereocenters. The predicted octanol–water partition coefficient (Wildman–Crippen LogP) is 3.69. The summed E-state index contributed by atoms with van der Waals surface area (Å²) in [5, 5.41) is 3.45. The van der Waals surface area contributed by atoms with Gasteiger partial charge in [0.15, 0.2) is 0 Å².